The number of nitrogens with one attached hydrogen (secondary N) is 1. The summed E-state index contributed by atoms with van der Waals surface area (Å²) in [7, 11) is 0. The molecule has 0 radical (unpaired) electrons. The van der Waals surface area contributed by atoms with E-state index in [9.17, 15) is 13.6 Å². The van der Waals surface area contributed by atoms with Crippen LogP contribution >= 0.6 is 11.8 Å². The molecule has 3 N–H and O–H groups in total. The van der Waals surface area contributed by atoms with Gasteiger partial charge in [0, 0.05) is 30.2 Å². The third kappa shape index (κ3) is 4.58. The van der Waals surface area contributed by atoms with E-state index >= 15 is 0 Å². The molecular formula is C22H21F2N5O4S. The zero-order valence-electron chi connectivity index (χ0n) is 17.9. The number of aromatic nitrogens is 3. The fraction of sp³-hybridized carbons (Fsp3) is 0.318. The van der Waals surface area contributed by atoms with Crippen LogP contribution in [0.5, 0.6) is 17.2 Å². The van der Waals surface area contributed by atoms with Gasteiger partial charge in [0.25, 0.3) is 5.79 Å². The number of fused-ring (bicyclic) bond motifs is 1. The third-order valence-corrected chi connectivity index (χ3v) is 6.46. The maximum atomic E-state index is 12.5. The molecule has 1 aromatic heterocycles. The van der Waals surface area contributed by atoms with Gasteiger partial charge in [0.05, 0.1) is 5.75 Å². The van der Waals surface area contributed by atoms with E-state index in [0.29, 0.717) is 33.7 Å². The van der Waals surface area contributed by atoms with Crippen molar-refractivity contribution in [1.82, 2.24) is 14.9 Å². The van der Waals surface area contributed by atoms with Crippen LogP contribution < -0.4 is 25.4 Å². The van der Waals surface area contributed by atoms with Crippen molar-refractivity contribution < 1.29 is 27.8 Å². The number of rotatable bonds is 7. The molecule has 1 aliphatic heterocycles. The highest BCUT2D eigenvalue weighted by molar-refractivity contribution is 7.99. The number of benzene rings is 2. The lowest BCUT2D eigenvalue weighted by molar-refractivity contribution is -0.113. The van der Waals surface area contributed by atoms with Crippen LogP contribution in [0.4, 0.5) is 14.5 Å². The molecule has 9 nitrogen and oxygen atoms in total. The number of hydrogen-bond donors (Lipinski definition) is 2. The van der Waals surface area contributed by atoms with Gasteiger partial charge in [-0.3, -0.25) is 4.79 Å². The first-order chi connectivity index (χ1) is 16.4. The van der Waals surface area contributed by atoms with Gasteiger partial charge in [0.1, 0.15) is 5.75 Å². The Balaban J connectivity index is 1.18. The van der Waals surface area contributed by atoms with Crippen molar-refractivity contribution >= 4 is 23.4 Å². The highest BCUT2D eigenvalue weighted by Gasteiger charge is 2.44. The Hall–Kier alpha value is -3.54. The van der Waals surface area contributed by atoms with Gasteiger partial charge in [0.2, 0.25) is 11.1 Å². The first kappa shape index (κ1) is 22.3. The zero-order chi connectivity index (χ0) is 23.7. The molecule has 1 amide bonds. The summed E-state index contributed by atoms with van der Waals surface area (Å²) in [4.78, 5) is 12.5. The first-order valence-electron chi connectivity index (χ1n) is 10.6. The van der Waals surface area contributed by atoms with Crippen molar-refractivity contribution in [2.24, 2.45) is 0 Å². The fourth-order valence-corrected chi connectivity index (χ4v) is 4.63. The predicted molar refractivity (Wildman–Crippen MR) is 120 cm³/mol. The number of alkyl halides is 2. The second-order valence-electron chi connectivity index (χ2n) is 7.90. The van der Waals surface area contributed by atoms with Crippen molar-refractivity contribution in [3.05, 3.63) is 42.5 Å². The van der Waals surface area contributed by atoms with E-state index in [1.165, 1.54) is 16.8 Å². The molecule has 12 heteroatoms. The number of nitrogens with two attached hydrogens (primary N) is 1. The summed E-state index contributed by atoms with van der Waals surface area (Å²) in [6.45, 7) is -2.90. The van der Waals surface area contributed by atoms with E-state index in [0.717, 1.165) is 37.4 Å². The topological polar surface area (TPSA) is 114 Å². The smallest absolute Gasteiger partial charge is 0.387 e. The number of anilines is 1. The van der Waals surface area contributed by atoms with Crippen molar-refractivity contribution in [1.29, 1.82) is 0 Å². The number of thioether (sulfide) groups is 1. The van der Waals surface area contributed by atoms with E-state index in [1.807, 2.05) is 0 Å². The lowest BCUT2D eigenvalue weighted by Gasteiger charge is -2.21. The van der Waals surface area contributed by atoms with Gasteiger partial charge in [-0.2, -0.15) is 8.78 Å². The molecule has 34 heavy (non-hydrogen) atoms. The minimum Gasteiger partial charge on any atom is -0.448 e. The molecule has 0 bridgehead atoms. The molecule has 1 saturated carbocycles. The van der Waals surface area contributed by atoms with Gasteiger partial charge >= 0.3 is 6.61 Å². The highest BCUT2D eigenvalue weighted by Crippen LogP contribution is 2.47. The number of ether oxygens (including phenoxy) is 3. The van der Waals surface area contributed by atoms with Crippen molar-refractivity contribution in [2.45, 2.75) is 43.2 Å². The Morgan fingerprint density at radius 1 is 1.15 bits per heavy atom. The van der Waals surface area contributed by atoms with Crippen LogP contribution in [0, 0.1) is 0 Å². The number of nitrogens with zero attached hydrogens (tertiary/aromatic N) is 3. The summed E-state index contributed by atoms with van der Waals surface area (Å²) in [6, 6.07) is 11.2. The average Bonchev–Trinajstić information content (AvgIpc) is 3.51. The lowest BCUT2D eigenvalue weighted by atomic mass is 10.2. The number of hydrogen-bond acceptors (Lipinski definition) is 8. The SMILES string of the molecule is Nn1c(SCC(=O)Nc2ccc3c(c2)OC2(CCCC2)O3)nnc1-c1ccc(OC(F)F)cc1. The maximum absolute atomic E-state index is 12.5. The molecule has 1 aliphatic carbocycles. The third-order valence-electron chi connectivity index (χ3n) is 5.52. The van der Waals surface area contributed by atoms with Crippen molar-refractivity contribution in [3.63, 3.8) is 0 Å². The van der Waals surface area contributed by atoms with Crippen LogP contribution in [-0.2, 0) is 4.79 Å². The summed E-state index contributed by atoms with van der Waals surface area (Å²) in [6.07, 6.45) is 3.85. The Labute approximate surface area is 197 Å². The fourth-order valence-electron chi connectivity index (χ4n) is 3.97. The molecule has 2 heterocycles. The largest absolute Gasteiger partial charge is 0.448 e. The van der Waals surface area contributed by atoms with Gasteiger partial charge in [0.15, 0.2) is 17.3 Å². The standard InChI is InChI=1S/C22H21F2N5O4S/c23-20(24)31-15-6-3-13(4-7-15)19-27-28-21(29(19)25)34-12-18(30)26-14-5-8-16-17(11-14)33-22(32-16)9-1-2-10-22/h3-8,11,20H,1-2,9-10,12,25H2,(H,26,30). The van der Waals surface area contributed by atoms with Gasteiger partial charge in [-0.15, -0.1) is 10.2 Å². The van der Waals surface area contributed by atoms with Crippen LogP contribution in [0.15, 0.2) is 47.6 Å². The summed E-state index contributed by atoms with van der Waals surface area (Å²) in [5.41, 5.74) is 1.16. The Kier molecular flexibility index (Phi) is 5.90. The number of amides is 1. The summed E-state index contributed by atoms with van der Waals surface area (Å²) in [5.74, 6) is 6.97. The molecule has 1 spiro atoms. The van der Waals surface area contributed by atoms with Crippen LogP contribution in [0.25, 0.3) is 11.4 Å². The van der Waals surface area contributed by atoms with E-state index in [2.05, 4.69) is 20.3 Å². The van der Waals surface area contributed by atoms with E-state index < -0.39 is 12.4 Å². The van der Waals surface area contributed by atoms with Gasteiger partial charge in [-0.05, 0) is 49.2 Å². The van der Waals surface area contributed by atoms with E-state index in [1.54, 1.807) is 30.3 Å². The van der Waals surface area contributed by atoms with Crippen LogP contribution in [0.1, 0.15) is 25.7 Å². The molecule has 0 atom stereocenters. The van der Waals surface area contributed by atoms with Crippen LogP contribution in [-0.4, -0.2) is 38.9 Å². The predicted octanol–water partition coefficient (Wildman–Crippen LogP) is 4.03. The Morgan fingerprint density at radius 2 is 1.88 bits per heavy atom. The monoisotopic (exact) mass is 489 g/mol. The molecular weight excluding hydrogens is 468 g/mol. The number of carbonyl (C=O) groups excluding carboxylic acids is 1. The molecule has 3 aromatic rings. The maximum Gasteiger partial charge on any atom is 0.387 e. The normalized spacial score (nSPS) is 15.7. The molecule has 1 fully saturated rings. The highest BCUT2D eigenvalue weighted by atomic mass is 32.2. The van der Waals surface area contributed by atoms with Crippen LogP contribution in [0.2, 0.25) is 0 Å². The van der Waals surface area contributed by atoms with Crippen LogP contribution in [0.3, 0.4) is 0 Å². The minimum absolute atomic E-state index is 0.0232. The average molecular weight is 490 g/mol. The summed E-state index contributed by atoms with van der Waals surface area (Å²) >= 11 is 1.11. The molecule has 2 aromatic carbocycles. The minimum atomic E-state index is -2.90. The molecule has 2 aliphatic rings. The lowest BCUT2D eigenvalue weighted by Crippen LogP contribution is -2.34. The molecule has 0 saturated heterocycles. The second-order valence-corrected chi connectivity index (χ2v) is 8.84. The number of nitrogen functional groups attached to an aromatic ring is 1. The van der Waals surface area contributed by atoms with E-state index in [-0.39, 0.29) is 17.4 Å². The summed E-state index contributed by atoms with van der Waals surface area (Å²) in [5, 5.41) is 11.2. The van der Waals surface area contributed by atoms with Gasteiger partial charge in [-0.25, -0.2) is 4.68 Å². The summed E-state index contributed by atoms with van der Waals surface area (Å²) < 4.78 is 42.2. The van der Waals surface area contributed by atoms with Crippen molar-refractivity contribution in [2.75, 3.05) is 16.9 Å². The Bertz CT molecular complexity index is 1200. The van der Waals surface area contributed by atoms with Gasteiger partial charge in [-0.1, -0.05) is 11.8 Å². The number of carbonyl (C=O) groups is 1. The Morgan fingerprint density at radius 3 is 2.62 bits per heavy atom. The van der Waals surface area contributed by atoms with E-state index in [4.69, 9.17) is 15.3 Å². The van der Waals surface area contributed by atoms with Crippen molar-refractivity contribution in [3.8, 4) is 28.6 Å². The molecule has 178 valence electrons. The number of halogens is 2. The molecule has 0 unspecified atom stereocenters. The second kappa shape index (κ2) is 9.01. The molecule has 5 rings (SSSR count). The van der Waals surface area contributed by atoms with Gasteiger partial charge < -0.3 is 25.4 Å². The zero-order valence-corrected chi connectivity index (χ0v) is 18.7. The first-order valence-corrected chi connectivity index (χ1v) is 11.6. The quantitative estimate of drug-likeness (QED) is 0.378.